The maximum atomic E-state index is 11.0. The third-order valence-corrected chi connectivity index (χ3v) is 3.08. The maximum Gasteiger partial charge on any atom is 0.359 e. The number of aromatic carboxylic acids is 1. The molecule has 3 rings (SSSR count). The van der Waals surface area contributed by atoms with Crippen molar-refractivity contribution in [3.8, 4) is 29.4 Å². The monoisotopic (exact) mass is 336 g/mol. The first-order valence-electron chi connectivity index (χ1n) is 7.10. The molecule has 8 nitrogen and oxygen atoms in total. The van der Waals surface area contributed by atoms with Crippen molar-refractivity contribution in [3.05, 3.63) is 59.4 Å². The van der Waals surface area contributed by atoms with Gasteiger partial charge in [-0.3, -0.25) is 0 Å². The highest BCUT2D eigenvalue weighted by molar-refractivity contribution is 5.87. The molecule has 0 aliphatic rings. The van der Waals surface area contributed by atoms with Gasteiger partial charge in [0, 0.05) is 23.4 Å². The van der Waals surface area contributed by atoms with Crippen LogP contribution in [0.2, 0.25) is 0 Å². The number of carbonyl (C=O) groups is 1. The zero-order valence-corrected chi connectivity index (χ0v) is 13.1. The first kappa shape index (κ1) is 16.0. The SMILES string of the molecule is COc1ccc(C#Cc2cccc(Oc3nn[nH]c3C(=O)O)c2)cn1. The van der Waals surface area contributed by atoms with Gasteiger partial charge in [-0.05, 0) is 24.3 Å². The molecule has 0 radical (unpaired) electrons. The van der Waals surface area contributed by atoms with Gasteiger partial charge in [0.05, 0.1) is 7.11 Å². The number of nitrogens with one attached hydrogen (secondary N) is 1. The Bertz CT molecular complexity index is 955. The van der Waals surface area contributed by atoms with Crippen LogP contribution in [0.3, 0.4) is 0 Å². The summed E-state index contributed by atoms with van der Waals surface area (Å²) in [6.45, 7) is 0. The van der Waals surface area contributed by atoms with E-state index in [1.54, 1.807) is 49.7 Å². The lowest BCUT2D eigenvalue weighted by atomic mass is 10.2. The van der Waals surface area contributed by atoms with Gasteiger partial charge >= 0.3 is 5.97 Å². The third-order valence-electron chi connectivity index (χ3n) is 3.08. The molecule has 2 heterocycles. The highest BCUT2D eigenvalue weighted by Gasteiger charge is 2.16. The van der Waals surface area contributed by atoms with Gasteiger partial charge in [-0.2, -0.15) is 0 Å². The minimum atomic E-state index is -1.21. The number of nitrogens with zero attached hydrogens (tertiary/aromatic N) is 3. The van der Waals surface area contributed by atoms with E-state index in [9.17, 15) is 4.79 Å². The quantitative estimate of drug-likeness (QED) is 0.702. The van der Waals surface area contributed by atoms with Crippen LogP contribution in [0.4, 0.5) is 0 Å². The van der Waals surface area contributed by atoms with Gasteiger partial charge in [-0.25, -0.2) is 14.9 Å². The standard InChI is InChI=1S/C17H12N4O4/c1-24-14-8-7-12(10-18-14)6-5-11-3-2-4-13(9-11)25-16-15(17(22)23)19-21-20-16/h2-4,7-10H,1H3,(H,22,23)(H,19,20,21). The Morgan fingerprint density at radius 1 is 1.20 bits per heavy atom. The van der Waals surface area contributed by atoms with Crippen molar-refractivity contribution in [2.45, 2.75) is 0 Å². The number of pyridine rings is 1. The molecule has 0 fully saturated rings. The highest BCUT2D eigenvalue weighted by atomic mass is 16.5. The van der Waals surface area contributed by atoms with Crippen LogP contribution in [-0.2, 0) is 0 Å². The lowest BCUT2D eigenvalue weighted by Crippen LogP contribution is -1.99. The van der Waals surface area contributed by atoms with Gasteiger partial charge in [-0.15, -0.1) is 0 Å². The van der Waals surface area contributed by atoms with Gasteiger partial charge < -0.3 is 14.6 Å². The molecule has 0 aliphatic heterocycles. The molecular weight excluding hydrogens is 324 g/mol. The van der Waals surface area contributed by atoms with Gasteiger partial charge in [-0.1, -0.05) is 28.2 Å². The van der Waals surface area contributed by atoms with E-state index >= 15 is 0 Å². The second-order valence-corrected chi connectivity index (χ2v) is 4.77. The summed E-state index contributed by atoms with van der Waals surface area (Å²) in [4.78, 5) is 15.1. The Morgan fingerprint density at radius 3 is 2.76 bits per heavy atom. The molecule has 0 spiro atoms. The fourth-order valence-electron chi connectivity index (χ4n) is 1.90. The van der Waals surface area contributed by atoms with Crippen molar-refractivity contribution in [2.75, 3.05) is 7.11 Å². The van der Waals surface area contributed by atoms with Crippen molar-refractivity contribution in [1.29, 1.82) is 0 Å². The number of H-pyrrole nitrogens is 1. The van der Waals surface area contributed by atoms with E-state index in [0.29, 0.717) is 17.2 Å². The lowest BCUT2D eigenvalue weighted by Gasteiger charge is -2.02. The molecule has 2 N–H and O–H groups in total. The minimum Gasteiger partial charge on any atom is -0.481 e. The summed E-state index contributed by atoms with van der Waals surface area (Å²) in [7, 11) is 1.55. The first-order valence-corrected chi connectivity index (χ1v) is 7.10. The van der Waals surface area contributed by atoms with Crippen molar-refractivity contribution in [1.82, 2.24) is 20.4 Å². The molecule has 0 aliphatic carbocycles. The number of aromatic nitrogens is 4. The predicted octanol–water partition coefficient (Wildman–Crippen LogP) is 2.10. The molecule has 2 aromatic heterocycles. The Hall–Kier alpha value is -3.86. The third kappa shape index (κ3) is 3.92. The van der Waals surface area contributed by atoms with Crippen LogP contribution in [0, 0.1) is 11.8 Å². The van der Waals surface area contributed by atoms with Crippen LogP contribution in [0.1, 0.15) is 21.6 Å². The fourth-order valence-corrected chi connectivity index (χ4v) is 1.90. The summed E-state index contributed by atoms with van der Waals surface area (Å²) in [6.07, 6.45) is 1.61. The predicted molar refractivity (Wildman–Crippen MR) is 86.6 cm³/mol. The average molecular weight is 336 g/mol. The fraction of sp³-hybridized carbons (Fsp3) is 0.0588. The molecule has 0 atom stereocenters. The molecule has 0 bridgehead atoms. The van der Waals surface area contributed by atoms with E-state index in [1.807, 2.05) is 0 Å². The number of carboxylic acids is 1. The number of carboxylic acid groups (broad SMARTS) is 1. The second kappa shape index (κ2) is 7.14. The topological polar surface area (TPSA) is 110 Å². The minimum absolute atomic E-state index is 0.114. The maximum absolute atomic E-state index is 11.0. The molecule has 0 saturated carbocycles. The first-order chi connectivity index (χ1) is 12.2. The van der Waals surface area contributed by atoms with Crippen molar-refractivity contribution in [2.24, 2.45) is 0 Å². The van der Waals surface area contributed by atoms with Crippen LogP contribution in [0.5, 0.6) is 17.5 Å². The Balaban J connectivity index is 1.78. The van der Waals surface area contributed by atoms with Crippen molar-refractivity contribution in [3.63, 3.8) is 0 Å². The lowest BCUT2D eigenvalue weighted by molar-refractivity contribution is 0.0687. The van der Waals surface area contributed by atoms with E-state index in [4.69, 9.17) is 14.6 Å². The molecule has 3 aromatic rings. The molecule has 8 heteroatoms. The van der Waals surface area contributed by atoms with Crippen LogP contribution < -0.4 is 9.47 Å². The molecule has 124 valence electrons. The zero-order chi connectivity index (χ0) is 17.6. The summed E-state index contributed by atoms with van der Waals surface area (Å²) < 4.78 is 10.4. The van der Waals surface area contributed by atoms with E-state index < -0.39 is 5.97 Å². The number of methoxy groups -OCH3 is 1. The van der Waals surface area contributed by atoms with Crippen LogP contribution in [-0.4, -0.2) is 38.6 Å². The summed E-state index contributed by atoms with van der Waals surface area (Å²) >= 11 is 0. The average Bonchev–Trinajstić information content (AvgIpc) is 3.09. The number of aromatic amines is 1. The summed E-state index contributed by atoms with van der Waals surface area (Å²) in [5.41, 5.74) is 1.20. The largest absolute Gasteiger partial charge is 0.481 e. The van der Waals surface area contributed by atoms with E-state index in [1.165, 1.54) is 0 Å². The van der Waals surface area contributed by atoms with E-state index in [-0.39, 0.29) is 11.6 Å². The zero-order valence-electron chi connectivity index (χ0n) is 13.1. The molecule has 25 heavy (non-hydrogen) atoms. The number of ether oxygens (including phenoxy) is 2. The van der Waals surface area contributed by atoms with Gasteiger partial charge in [0.15, 0.2) is 0 Å². The Labute approximate surface area is 142 Å². The van der Waals surface area contributed by atoms with Crippen LogP contribution in [0.25, 0.3) is 0 Å². The molecule has 0 unspecified atom stereocenters. The van der Waals surface area contributed by atoms with Crippen molar-refractivity contribution < 1.29 is 19.4 Å². The van der Waals surface area contributed by atoms with Gasteiger partial charge in [0.25, 0.3) is 5.88 Å². The number of benzene rings is 1. The van der Waals surface area contributed by atoms with Gasteiger partial charge in [0.2, 0.25) is 11.6 Å². The summed E-state index contributed by atoms with van der Waals surface area (Å²) in [5, 5.41) is 18.3. The normalized spacial score (nSPS) is 9.80. The summed E-state index contributed by atoms with van der Waals surface area (Å²) in [6, 6.07) is 10.4. The van der Waals surface area contributed by atoms with Crippen LogP contribution in [0.15, 0.2) is 42.6 Å². The highest BCUT2D eigenvalue weighted by Crippen LogP contribution is 2.22. The van der Waals surface area contributed by atoms with Crippen molar-refractivity contribution >= 4 is 5.97 Å². The number of hydrogen-bond acceptors (Lipinski definition) is 6. The van der Waals surface area contributed by atoms with E-state index in [2.05, 4.69) is 32.2 Å². The second-order valence-electron chi connectivity index (χ2n) is 4.77. The molecular formula is C17H12N4O4. The smallest absolute Gasteiger partial charge is 0.359 e. The number of rotatable bonds is 4. The van der Waals surface area contributed by atoms with E-state index in [0.717, 1.165) is 5.56 Å². The van der Waals surface area contributed by atoms with Gasteiger partial charge in [0.1, 0.15) is 5.75 Å². The molecule has 0 amide bonds. The Kier molecular flexibility index (Phi) is 4.58. The molecule has 1 aromatic carbocycles. The Morgan fingerprint density at radius 2 is 2.04 bits per heavy atom. The molecule has 0 saturated heterocycles. The number of hydrogen-bond donors (Lipinski definition) is 2. The summed E-state index contributed by atoms with van der Waals surface area (Å²) in [5.74, 6) is 5.56. The van der Waals surface area contributed by atoms with Crippen LogP contribution >= 0.6 is 0 Å².